The highest BCUT2D eigenvalue weighted by Crippen LogP contribution is 2.34. The largest absolute Gasteiger partial charge is 0.493 e. The third-order valence-corrected chi connectivity index (χ3v) is 2.12. The Morgan fingerprint density at radius 3 is 3.17 bits per heavy atom. The van der Waals surface area contributed by atoms with E-state index in [1.54, 1.807) is 7.11 Å². The van der Waals surface area contributed by atoms with Crippen molar-refractivity contribution in [3.05, 3.63) is 23.8 Å². The Bertz CT molecular complexity index is 267. The summed E-state index contributed by atoms with van der Waals surface area (Å²) in [4.78, 5) is 0. The summed E-state index contributed by atoms with van der Waals surface area (Å²) in [6.07, 6.45) is 2.21. The van der Waals surface area contributed by atoms with Gasteiger partial charge in [-0.25, -0.2) is 0 Å². The number of ether oxygens (including phenoxy) is 2. The molecule has 0 unspecified atom stereocenters. The zero-order valence-electron chi connectivity index (χ0n) is 7.17. The highest BCUT2D eigenvalue weighted by atomic mass is 16.5. The maximum Gasteiger partial charge on any atom is 0.164 e. The first-order valence-corrected chi connectivity index (χ1v) is 4.20. The maximum atomic E-state index is 5.52. The minimum absolute atomic E-state index is 0.813. The van der Waals surface area contributed by atoms with Gasteiger partial charge in [0, 0.05) is 0 Å². The predicted molar refractivity (Wildman–Crippen MR) is 46.8 cm³/mol. The van der Waals surface area contributed by atoms with Crippen LogP contribution in [0.1, 0.15) is 12.0 Å². The Morgan fingerprint density at radius 1 is 1.42 bits per heavy atom. The highest BCUT2D eigenvalue weighted by Gasteiger charge is 2.13. The van der Waals surface area contributed by atoms with Gasteiger partial charge in [-0.15, -0.1) is 0 Å². The summed E-state index contributed by atoms with van der Waals surface area (Å²) in [6.45, 7) is 0.813. The minimum Gasteiger partial charge on any atom is -0.493 e. The minimum atomic E-state index is 0.813. The molecule has 2 rings (SSSR count). The summed E-state index contributed by atoms with van der Waals surface area (Å²) in [5.41, 5.74) is 1.26. The molecule has 2 nitrogen and oxygen atoms in total. The van der Waals surface area contributed by atoms with Crippen LogP contribution >= 0.6 is 0 Å². The van der Waals surface area contributed by atoms with Crippen molar-refractivity contribution >= 4 is 0 Å². The van der Waals surface area contributed by atoms with Crippen LogP contribution in [0.15, 0.2) is 18.2 Å². The topological polar surface area (TPSA) is 18.5 Å². The molecule has 1 aliphatic rings. The van der Waals surface area contributed by atoms with E-state index in [4.69, 9.17) is 9.47 Å². The molecule has 1 aromatic carbocycles. The summed E-state index contributed by atoms with van der Waals surface area (Å²) in [7, 11) is 1.67. The van der Waals surface area contributed by atoms with Crippen molar-refractivity contribution in [2.75, 3.05) is 13.7 Å². The van der Waals surface area contributed by atoms with Crippen molar-refractivity contribution in [3.63, 3.8) is 0 Å². The van der Waals surface area contributed by atoms with Gasteiger partial charge in [-0.2, -0.15) is 0 Å². The molecule has 1 aliphatic heterocycles. The first kappa shape index (κ1) is 7.47. The first-order chi connectivity index (χ1) is 5.92. The zero-order valence-corrected chi connectivity index (χ0v) is 7.17. The van der Waals surface area contributed by atoms with Gasteiger partial charge in [0.1, 0.15) is 0 Å². The van der Waals surface area contributed by atoms with Crippen LogP contribution in [-0.4, -0.2) is 13.7 Å². The molecule has 64 valence electrons. The summed E-state index contributed by atoms with van der Waals surface area (Å²) in [6, 6.07) is 6.04. The van der Waals surface area contributed by atoms with E-state index in [2.05, 4.69) is 6.07 Å². The van der Waals surface area contributed by atoms with Gasteiger partial charge < -0.3 is 9.47 Å². The van der Waals surface area contributed by atoms with Crippen LogP contribution in [0.3, 0.4) is 0 Å². The Hall–Kier alpha value is -1.18. The number of benzene rings is 1. The Morgan fingerprint density at radius 2 is 2.33 bits per heavy atom. The fourth-order valence-corrected chi connectivity index (χ4v) is 1.52. The highest BCUT2D eigenvalue weighted by molar-refractivity contribution is 5.47. The Labute approximate surface area is 72.1 Å². The van der Waals surface area contributed by atoms with Crippen LogP contribution in [0.5, 0.6) is 11.5 Å². The van der Waals surface area contributed by atoms with E-state index in [9.17, 15) is 0 Å². The molecule has 0 saturated carbocycles. The lowest BCUT2D eigenvalue weighted by atomic mass is 10.1. The second kappa shape index (κ2) is 3.05. The van der Waals surface area contributed by atoms with Gasteiger partial charge in [0.05, 0.1) is 13.7 Å². The van der Waals surface area contributed by atoms with Crippen LogP contribution in [0.25, 0.3) is 0 Å². The standard InChI is InChI=1S/C10H12O2/c1-11-9-6-2-4-8-5-3-7-12-10(8)9/h2,4,6H,3,5,7H2,1H3. The number of fused-ring (bicyclic) bond motifs is 1. The van der Waals surface area contributed by atoms with Gasteiger partial charge in [-0.3, -0.25) is 0 Å². The molecule has 2 heteroatoms. The molecule has 0 N–H and O–H groups in total. The van der Waals surface area contributed by atoms with Crippen molar-refractivity contribution < 1.29 is 9.47 Å². The molecular formula is C10H12O2. The molecule has 0 atom stereocenters. The molecular weight excluding hydrogens is 152 g/mol. The van der Waals surface area contributed by atoms with E-state index < -0.39 is 0 Å². The Balaban J connectivity index is 2.44. The van der Waals surface area contributed by atoms with Crippen LogP contribution < -0.4 is 9.47 Å². The third kappa shape index (κ3) is 1.13. The van der Waals surface area contributed by atoms with Crippen molar-refractivity contribution in [2.45, 2.75) is 12.8 Å². The van der Waals surface area contributed by atoms with Crippen LogP contribution in [0.4, 0.5) is 0 Å². The molecule has 0 amide bonds. The number of aryl methyl sites for hydroxylation is 1. The average molecular weight is 164 g/mol. The molecule has 0 radical (unpaired) electrons. The number of rotatable bonds is 1. The molecule has 0 aliphatic carbocycles. The van der Waals surface area contributed by atoms with Gasteiger partial charge in [0.2, 0.25) is 0 Å². The quantitative estimate of drug-likeness (QED) is 0.632. The lowest BCUT2D eigenvalue weighted by Gasteiger charge is -2.18. The van der Waals surface area contributed by atoms with Gasteiger partial charge >= 0.3 is 0 Å². The third-order valence-electron chi connectivity index (χ3n) is 2.12. The fourth-order valence-electron chi connectivity index (χ4n) is 1.52. The van der Waals surface area contributed by atoms with E-state index in [0.717, 1.165) is 30.9 Å². The molecule has 12 heavy (non-hydrogen) atoms. The monoisotopic (exact) mass is 164 g/mol. The van der Waals surface area contributed by atoms with Crippen LogP contribution in [0.2, 0.25) is 0 Å². The predicted octanol–water partition coefficient (Wildman–Crippen LogP) is 2.02. The molecule has 1 heterocycles. The van der Waals surface area contributed by atoms with E-state index in [1.807, 2.05) is 12.1 Å². The van der Waals surface area contributed by atoms with Gasteiger partial charge in [0.25, 0.3) is 0 Å². The van der Waals surface area contributed by atoms with Crippen molar-refractivity contribution in [3.8, 4) is 11.5 Å². The molecule has 0 saturated heterocycles. The van der Waals surface area contributed by atoms with Crippen molar-refractivity contribution in [2.24, 2.45) is 0 Å². The van der Waals surface area contributed by atoms with E-state index in [-0.39, 0.29) is 0 Å². The van der Waals surface area contributed by atoms with Crippen molar-refractivity contribution in [1.29, 1.82) is 0 Å². The molecule has 0 aromatic heterocycles. The zero-order chi connectivity index (χ0) is 8.39. The second-order valence-corrected chi connectivity index (χ2v) is 2.90. The van der Waals surface area contributed by atoms with E-state index >= 15 is 0 Å². The van der Waals surface area contributed by atoms with Gasteiger partial charge in [-0.1, -0.05) is 12.1 Å². The van der Waals surface area contributed by atoms with E-state index in [0.29, 0.717) is 0 Å². The molecule has 0 spiro atoms. The van der Waals surface area contributed by atoms with E-state index in [1.165, 1.54) is 5.56 Å². The number of para-hydroxylation sites is 1. The number of hydrogen-bond donors (Lipinski definition) is 0. The summed E-state index contributed by atoms with van der Waals surface area (Å²) >= 11 is 0. The lowest BCUT2D eigenvalue weighted by Crippen LogP contribution is -2.09. The summed E-state index contributed by atoms with van der Waals surface area (Å²) < 4.78 is 10.7. The number of methoxy groups -OCH3 is 1. The van der Waals surface area contributed by atoms with Crippen molar-refractivity contribution in [1.82, 2.24) is 0 Å². The fraction of sp³-hybridized carbons (Fsp3) is 0.400. The first-order valence-electron chi connectivity index (χ1n) is 4.20. The normalized spacial score (nSPS) is 14.8. The van der Waals surface area contributed by atoms with Gasteiger partial charge in [0.15, 0.2) is 11.5 Å². The molecule has 0 fully saturated rings. The van der Waals surface area contributed by atoms with Gasteiger partial charge in [-0.05, 0) is 24.5 Å². The summed E-state index contributed by atoms with van der Waals surface area (Å²) in [5, 5.41) is 0. The smallest absolute Gasteiger partial charge is 0.164 e. The van der Waals surface area contributed by atoms with Crippen LogP contribution in [-0.2, 0) is 6.42 Å². The SMILES string of the molecule is COc1cccc2c1OCCC2. The molecule has 1 aromatic rings. The lowest BCUT2D eigenvalue weighted by molar-refractivity contribution is 0.269. The molecule has 0 bridgehead atoms. The average Bonchev–Trinajstić information content (AvgIpc) is 2.17. The maximum absolute atomic E-state index is 5.52. The Kier molecular flexibility index (Phi) is 1.90. The second-order valence-electron chi connectivity index (χ2n) is 2.90. The van der Waals surface area contributed by atoms with Crippen LogP contribution in [0, 0.1) is 0 Å². The summed E-state index contributed by atoms with van der Waals surface area (Å²) in [5.74, 6) is 1.79. The number of hydrogen-bond acceptors (Lipinski definition) is 2.